The van der Waals surface area contributed by atoms with Crippen molar-refractivity contribution >= 4 is 22.5 Å². The Morgan fingerprint density at radius 3 is 2.83 bits per heavy atom. The summed E-state index contributed by atoms with van der Waals surface area (Å²) in [5.74, 6) is 0.643. The highest BCUT2D eigenvalue weighted by Crippen LogP contribution is 2.20. The third-order valence-electron chi connectivity index (χ3n) is 2.75. The van der Waals surface area contributed by atoms with E-state index in [-0.39, 0.29) is 6.61 Å². The number of aliphatic hydroxyl groups is 1. The fourth-order valence-electron chi connectivity index (χ4n) is 1.86. The number of hydrogen-bond acceptors (Lipinski definition) is 3. The van der Waals surface area contributed by atoms with Gasteiger partial charge in [0, 0.05) is 5.39 Å². The van der Waals surface area contributed by atoms with Crippen LogP contribution >= 0.6 is 11.6 Å². The predicted octanol–water partition coefficient (Wildman–Crippen LogP) is 2.57. The molecule has 0 spiro atoms. The van der Waals surface area contributed by atoms with Crippen LogP contribution in [-0.2, 0) is 6.61 Å². The number of aromatic nitrogens is 3. The van der Waals surface area contributed by atoms with Gasteiger partial charge in [0.2, 0.25) is 0 Å². The number of halogens is 1. The van der Waals surface area contributed by atoms with E-state index in [1.807, 2.05) is 24.3 Å². The quantitative estimate of drug-likeness (QED) is 0.770. The SMILES string of the molecule is OCc1nc(-n2ncc3ccccc32)ccc1Cl. The van der Waals surface area contributed by atoms with Gasteiger partial charge in [-0.1, -0.05) is 29.8 Å². The standard InChI is InChI=1S/C13H10ClN3O/c14-10-5-6-13(16-11(10)8-18)17-12-4-2-1-3-9(12)7-15-17/h1-7,18H,8H2. The Balaban J connectivity index is 2.20. The van der Waals surface area contributed by atoms with E-state index in [0.717, 1.165) is 10.9 Å². The summed E-state index contributed by atoms with van der Waals surface area (Å²) in [6, 6.07) is 11.4. The van der Waals surface area contributed by atoms with Crippen molar-refractivity contribution in [3.8, 4) is 5.82 Å². The van der Waals surface area contributed by atoms with Crippen molar-refractivity contribution in [3.05, 3.63) is 53.3 Å². The zero-order valence-corrected chi connectivity index (χ0v) is 10.2. The summed E-state index contributed by atoms with van der Waals surface area (Å²) in [6.07, 6.45) is 1.78. The molecular weight excluding hydrogens is 250 g/mol. The van der Waals surface area contributed by atoms with Gasteiger partial charge in [0.15, 0.2) is 5.82 Å². The zero-order chi connectivity index (χ0) is 12.5. The van der Waals surface area contributed by atoms with Crippen molar-refractivity contribution in [2.24, 2.45) is 0 Å². The Kier molecular flexibility index (Phi) is 2.74. The molecule has 90 valence electrons. The molecule has 0 aliphatic rings. The van der Waals surface area contributed by atoms with Crippen molar-refractivity contribution in [2.45, 2.75) is 6.61 Å². The molecule has 5 heteroatoms. The molecule has 0 aliphatic heterocycles. The lowest BCUT2D eigenvalue weighted by Gasteiger charge is -2.05. The first-order valence-corrected chi connectivity index (χ1v) is 5.87. The lowest BCUT2D eigenvalue weighted by Crippen LogP contribution is -2.02. The fourth-order valence-corrected chi connectivity index (χ4v) is 2.02. The van der Waals surface area contributed by atoms with E-state index >= 15 is 0 Å². The number of hydrogen-bond donors (Lipinski definition) is 1. The van der Waals surface area contributed by atoms with Gasteiger partial charge in [-0.15, -0.1) is 0 Å². The second-order valence-electron chi connectivity index (χ2n) is 3.87. The lowest BCUT2D eigenvalue weighted by molar-refractivity contribution is 0.277. The average Bonchev–Trinajstić information content (AvgIpc) is 2.83. The van der Waals surface area contributed by atoms with Gasteiger partial charge in [-0.05, 0) is 18.2 Å². The van der Waals surface area contributed by atoms with Crippen molar-refractivity contribution in [1.29, 1.82) is 0 Å². The number of para-hydroxylation sites is 1. The first-order chi connectivity index (χ1) is 8.79. The number of pyridine rings is 1. The van der Waals surface area contributed by atoms with E-state index in [1.54, 1.807) is 23.0 Å². The average molecular weight is 260 g/mol. The van der Waals surface area contributed by atoms with Crippen LogP contribution in [0.5, 0.6) is 0 Å². The van der Waals surface area contributed by atoms with Gasteiger partial charge in [0.1, 0.15) is 0 Å². The second kappa shape index (κ2) is 4.40. The molecular formula is C13H10ClN3O. The van der Waals surface area contributed by atoms with E-state index in [1.165, 1.54) is 0 Å². The van der Waals surface area contributed by atoms with Gasteiger partial charge in [0.05, 0.1) is 29.0 Å². The molecule has 4 nitrogen and oxygen atoms in total. The minimum Gasteiger partial charge on any atom is -0.390 e. The second-order valence-corrected chi connectivity index (χ2v) is 4.28. The molecule has 0 unspecified atom stereocenters. The van der Waals surface area contributed by atoms with Crippen LogP contribution in [0.2, 0.25) is 5.02 Å². The van der Waals surface area contributed by atoms with Gasteiger partial charge in [-0.3, -0.25) is 0 Å². The number of fused-ring (bicyclic) bond motifs is 1. The molecule has 0 saturated carbocycles. The number of benzene rings is 1. The number of nitrogens with zero attached hydrogens (tertiary/aromatic N) is 3. The van der Waals surface area contributed by atoms with Gasteiger partial charge >= 0.3 is 0 Å². The molecule has 1 aromatic carbocycles. The molecule has 0 radical (unpaired) electrons. The first-order valence-electron chi connectivity index (χ1n) is 5.49. The smallest absolute Gasteiger partial charge is 0.154 e. The molecule has 0 bridgehead atoms. The summed E-state index contributed by atoms with van der Waals surface area (Å²) in [5.41, 5.74) is 1.42. The Labute approximate surface area is 108 Å². The summed E-state index contributed by atoms with van der Waals surface area (Å²) in [7, 11) is 0. The minimum atomic E-state index is -0.189. The normalized spacial score (nSPS) is 11.0. The topological polar surface area (TPSA) is 50.9 Å². The lowest BCUT2D eigenvalue weighted by atomic mass is 10.2. The predicted molar refractivity (Wildman–Crippen MR) is 69.8 cm³/mol. The zero-order valence-electron chi connectivity index (χ0n) is 9.42. The number of aliphatic hydroxyl groups excluding tert-OH is 1. The van der Waals surface area contributed by atoms with E-state index in [0.29, 0.717) is 16.5 Å². The maximum absolute atomic E-state index is 9.18. The monoisotopic (exact) mass is 259 g/mol. The highest BCUT2D eigenvalue weighted by molar-refractivity contribution is 6.31. The first kappa shape index (κ1) is 11.2. The Morgan fingerprint density at radius 2 is 2.00 bits per heavy atom. The Bertz CT molecular complexity index is 708. The maximum atomic E-state index is 9.18. The van der Waals surface area contributed by atoms with Crippen LogP contribution in [0.1, 0.15) is 5.69 Å². The molecule has 0 atom stereocenters. The molecule has 2 heterocycles. The van der Waals surface area contributed by atoms with Crippen molar-refractivity contribution < 1.29 is 5.11 Å². The largest absolute Gasteiger partial charge is 0.390 e. The molecule has 0 amide bonds. The molecule has 3 rings (SSSR count). The molecule has 0 saturated heterocycles. The molecule has 3 aromatic rings. The molecule has 0 aliphatic carbocycles. The molecule has 18 heavy (non-hydrogen) atoms. The highest BCUT2D eigenvalue weighted by Gasteiger charge is 2.08. The van der Waals surface area contributed by atoms with Crippen LogP contribution in [0.4, 0.5) is 0 Å². The van der Waals surface area contributed by atoms with Gasteiger partial charge in [-0.25, -0.2) is 9.67 Å². The van der Waals surface area contributed by atoms with Crippen LogP contribution in [0, 0.1) is 0 Å². The van der Waals surface area contributed by atoms with Crippen molar-refractivity contribution in [2.75, 3.05) is 0 Å². The Hall–Kier alpha value is -1.91. The summed E-state index contributed by atoms with van der Waals surface area (Å²) in [6.45, 7) is -0.189. The maximum Gasteiger partial charge on any atom is 0.154 e. The van der Waals surface area contributed by atoms with Gasteiger partial charge in [0.25, 0.3) is 0 Å². The minimum absolute atomic E-state index is 0.189. The third-order valence-corrected chi connectivity index (χ3v) is 3.09. The van der Waals surface area contributed by atoms with Crippen LogP contribution in [-0.4, -0.2) is 19.9 Å². The Morgan fingerprint density at radius 1 is 1.17 bits per heavy atom. The number of rotatable bonds is 2. The van der Waals surface area contributed by atoms with E-state index in [9.17, 15) is 5.11 Å². The summed E-state index contributed by atoms with van der Waals surface area (Å²) >= 11 is 5.92. The molecule has 2 aromatic heterocycles. The summed E-state index contributed by atoms with van der Waals surface area (Å²) in [5, 5.41) is 15.0. The van der Waals surface area contributed by atoms with Crippen LogP contribution < -0.4 is 0 Å². The summed E-state index contributed by atoms with van der Waals surface area (Å²) in [4.78, 5) is 4.30. The van der Waals surface area contributed by atoms with Crippen molar-refractivity contribution in [1.82, 2.24) is 14.8 Å². The van der Waals surface area contributed by atoms with Crippen LogP contribution in [0.15, 0.2) is 42.6 Å². The molecule has 1 N–H and O–H groups in total. The highest BCUT2D eigenvalue weighted by atomic mass is 35.5. The van der Waals surface area contributed by atoms with Gasteiger partial charge in [-0.2, -0.15) is 5.10 Å². The third kappa shape index (κ3) is 1.75. The van der Waals surface area contributed by atoms with Gasteiger partial charge < -0.3 is 5.11 Å². The van der Waals surface area contributed by atoms with Crippen molar-refractivity contribution in [3.63, 3.8) is 0 Å². The van der Waals surface area contributed by atoms with Crippen LogP contribution in [0.25, 0.3) is 16.7 Å². The molecule has 0 fully saturated rings. The van der Waals surface area contributed by atoms with E-state index < -0.39 is 0 Å². The van der Waals surface area contributed by atoms with E-state index in [4.69, 9.17) is 11.6 Å². The van der Waals surface area contributed by atoms with Crippen LogP contribution in [0.3, 0.4) is 0 Å². The fraction of sp³-hybridized carbons (Fsp3) is 0.0769. The van der Waals surface area contributed by atoms with E-state index in [2.05, 4.69) is 10.1 Å². The summed E-state index contributed by atoms with van der Waals surface area (Å²) < 4.78 is 1.73.